The Morgan fingerprint density at radius 2 is 2.25 bits per heavy atom. The molecular weight excluding hydrogens is 161 g/mol. The average molecular weight is 175 g/mol. The molecule has 1 atom stereocenters. The van der Waals surface area contributed by atoms with Crippen molar-refractivity contribution in [2.45, 2.75) is 19.2 Å². The Kier molecular flexibility index (Phi) is 5.70. The van der Waals surface area contributed by atoms with Crippen molar-refractivity contribution in [3.63, 3.8) is 0 Å². The molecule has 0 spiro atoms. The largest absolute Gasteiger partial charge is 0.466 e. The third-order valence-electron chi connectivity index (χ3n) is 1.46. The fourth-order valence-corrected chi connectivity index (χ4v) is 0.744. The van der Waals surface area contributed by atoms with Crippen LogP contribution in [0, 0.1) is 0 Å². The lowest BCUT2D eigenvalue weighted by Crippen LogP contribution is -2.29. The first-order chi connectivity index (χ1) is 5.61. The van der Waals surface area contributed by atoms with Gasteiger partial charge < -0.3 is 20.5 Å². The molecule has 0 aliphatic heterocycles. The molecule has 0 aliphatic carbocycles. The molecule has 12 heavy (non-hydrogen) atoms. The summed E-state index contributed by atoms with van der Waals surface area (Å²) >= 11 is 0. The fourth-order valence-electron chi connectivity index (χ4n) is 0.744. The molecule has 0 amide bonds. The van der Waals surface area contributed by atoms with E-state index in [1.54, 1.807) is 6.92 Å². The van der Waals surface area contributed by atoms with E-state index in [1.165, 1.54) is 0 Å². The highest BCUT2D eigenvalue weighted by Crippen LogP contribution is 2.10. The molecule has 1 unspecified atom stereocenters. The Bertz CT molecular complexity index is 142. The maximum atomic E-state index is 10.8. The monoisotopic (exact) mass is 175 g/mol. The SMILES string of the molecule is CCOC(=O)CC(CN)B(O)O. The van der Waals surface area contributed by atoms with Crippen LogP contribution in [0.3, 0.4) is 0 Å². The minimum atomic E-state index is -1.56. The summed E-state index contributed by atoms with van der Waals surface area (Å²) in [5, 5.41) is 17.4. The predicted octanol–water partition coefficient (Wildman–Crippen LogP) is -1.26. The van der Waals surface area contributed by atoms with Crippen LogP contribution in [0.5, 0.6) is 0 Å². The Morgan fingerprint density at radius 3 is 2.58 bits per heavy atom. The van der Waals surface area contributed by atoms with Crippen molar-refractivity contribution in [1.82, 2.24) is 0 Å². The first-order valence-electron chi connectivity index (χ1n) is 3.83. The van der Waals surface area contributed by atoms with Gasteiger partial charge in [-0.1, -0.05) is 0 Å². The Hall–Kier alpha value is -0.585. The van der Waals surface area contributed by atoms with E-state index >= 15 is 0 Å². The summed E-state index contributed by atoms with van der Waals surface area (Å²) in [5.74, 6) is -1.09. The Balaban J connectivity index is 3.77. The predicted molar refractivity (Wildman–Crippen MR) is 44.2 cm³/mol. The van der Waals surface area contributed by atoms with Crippen molar-refractivity contribution in [3.8, 4) is 0 Å². The Morgan fingerprint density at radius 1 is 1.67 bits per heavy atom. The average Bonchev–Trinajstić information content (AvgIpc) is 2.00. The van der Waals surface area contributed by atoms with Gasteiger partial charge in [-0.15, -0.1) is 0 Å². The van der Waals surface area contributed by atoms with Gasteiger partial charge in [0.1, 0.15) is 0 Å². The van der Waals surface area contributed by atoms with Crippen molar-refractivity contribution >= 4 is 13.1 Å². The molecule has 70 valence electrons. The second-order valence-electron chi connectivity index (χ2n) is 2.42. The van der Waals surface area contributed by atoms with Crippen molar-refractivity contribution in [2.24, 2.45) is 5.73 Å². The van der Waals surface area contributed by atoms with Crippen molar-refractivity contribution in [2.75, 3.05) is 13.2 Å². The number of rotatable bonds is 5. The minimum absolute atomic E-state index is 0.0521. The number of hydrogen-bond acceptors (Lipinski definition) is 5. The van der Waals surface area contributed by atoms with Gasteiger partial charge in [-0.2, -0.15) is 0 Å². The molecule has 0 saturated carbocycles. The van der Waals surface area contributed by atoms with E-state index < -0.39 is 18.9 Å². The van der Waals surface area contributed by atoms with Gasteiger partial charge >= 0.3 is 13.1 Å². The van der Waals surface area contributed by atoms with E-state index in [-0.39, 0.29) is 19.6 Å². The van der Waals surface area contributed by atoms with Crippen LogP contribution in [-0.4, -0.2) is 36.3 Å². The summed E-state index contributed by atoms with van der Waals surface area (Å²) in [7, 11) is -1.56. The number of nitrogens with two attached hydrogens (primary N) is 1. The lowest BCUT2D eigenvalue weighted by atomic mass is 9.71. The summed E-state index contributed by atoms with van der Waals surface area (Å²) < 4.78 is 4.61. The highest BCUT2D eigenvalue weighted by Gasteiger charge is 2.24. The van der Waals surface area contributed by atoms with Gasteiger partial charge in [0.15, 0.2) is 0 Å². The molecule has 0 rings (SSSR count). The second-order valence-corrected chi connectivity index (χ2v) is 2.42. The van der Waals surface area contributed by atoms with Crippen LogP contribution >= 0.6 is 0 Å². The summed E-state index contributed by atoms with van der Waals surface area (Å²) in [6.45, 7) is 2.03. The van der Waals surface area contributed by atoms with Gasteiger partial charge in [0.05, 0.1) is 6.61 Å². The lowest BCUT2D eigenvalue weighted by Gasteiger charge is -2.11. The number of hydrogen-bond donors (Lipinski definition) is 3. The molecule has 0 aromatic rings. The van der Waals surface area contributed by atoms with Crippen LogP contribution in [0.2, 0.25) is 5.82 Å². The molecule has 0 bridgehead atoms. The fraction of sp³-hybridized carbons (Fsp3) is 0.833. The molecule has 5 nitrogen and oxygen atoms in total. The van der Waals surface area contributed by atoms with E-state index in [2.05, 4.69) is 4.74 Å². The third kappa shape index (κ3) is 4.33. The molecule has 0 radical (unpaired) electrons. The third-order valence-corrected chi connectivity index (χ3v) is 1.46. The number of esters is 1. The molecule has 0 heterocycles. The zero-order chi connectivity index (χ0) is 9.56. The summed E-state index contributed by atoms with van der Waals surface area (Å²) in [5.41, 5.74) is 5.19. The zero-order valence-electron chi connectivity index (χ0n) is 7.06. The lowest BCUT2D eigenvalue weighted by molar-refractivity contribution is -0.143. The van der Waals surface area contributed by atoms with Crippen molar-refractivity contribution in [3.05, 3.63) is 0 Å². The van der Waals surface area contributed by atoms with Crippen LogP contribution < -0.4 is 5.73 Å². The standard InChI is InChI=1S/C6H14BNO4/c1-2-12-6(9)3-5(4-8)7(10)11/h5,10-11H,2-4,8H2,1H3. The molecule has 6 heteroatoms. The smallest absolute Gasteiger partial charge is 0.456 e. The van der Waals surface area contributed by atoms with E-state index in [1.807, 2.05) is 0 Å². The highest BCUT2D eigenvalue weighted by atomic mass is 16.5. The van der Waals surface area contributed by atoms with Crippen molar-refractivity contribution < 1.29 is 19.6 Å². The normalized spacial score (nSPS) is 12.3. The molecule has 0 aliphatic rings. The maximum Gasteiger partial charge on any atom is 0.456 e. The molecule has 0 aromatic carbocycles. The van der Waals surface area contributed by atoms with E-state index in [0.29, 0.717) is 0 Å². The molecule has 4 N–H and O–H groups in total. The molecule has 0 fully saturated rings. The minimum Gasteiger partial charge on any atom is -0.466 e. The van der Waals surface area contributed by atoms with Gasteiger partial charge in [0, 0.05) is 12.2 Å². The van der Waals surface area contributed by atoms with Crippen LogP contribution in [-0.2, 0) is 9.53 Å². The van der Waals surface area contributed by atoms with Crippen LogP contribution in [0.4, 0.5) is 0 Å². The van der Waals surface area contributed by atoms with E-state index in [9.17, 15) is 4.79 Å². The number of carbonyl (C=O) groups excluding carboxylic acids is 1. The molecule has 0 aromatic heterocycles. The van der Waals surface area contributed by atoms with Gasteiger partial charge in [-0.05, 0) is 13.5 Å². The van der Waals surface area contributed by atoms with Crippen LogP contribution in [0.15, 0.2) is 0 Å². The van der Waals surface area contributed by atoms with Crippen LogP contribution in [0.25, 0.3) is 0 Å². The Labute approximate surface area is 71.7 Å². The summed E-state index contributed by atoms with van der Waals surface area (Å²) in [6.07, 6.45) is -0.0536. The van der Waals surface area contributed by atoms with Gasteiger partial charge in [0.2, 0.25) is 0 Å². The maximum absolute atomic E-state index is 10.8. The van der Waals surface area contributed by atoms with E-state index in [0.717, 1.165) is 0 Å². The van der Waals surface area contributed by atoms with Gasteiger partial charge in [0.25, 0.3) is 0 Å². The second kappa shape index (κ2) is 5.99. The highest BCUT2D eigenvalue weighted by molar-refractivity contribution is 6.43. The first-order valence-corrected chi connectivity index (χ1v) is 3.83. The van der Waals surface area contributed by atoms with Crippen molar-refractivity contribution in [1.29, 1.82) is 0 Å². The molecular formula is C6H14BNO4. The topological polar surface area (TPSA) is 92.8 Å². The van der Waals surface area contributed by atoms with Crippen LogP contribution in [0.1, 0.15) is 13.3 Å². The summed E-state index contributed by atoms with van der Waals surface area (Å²) in [4.78, 5) is 10.8. The number of carbonyl (C=O) groups is 1. The van der Waals surface area contributed by atoms with Gasteiger partial charge in [-0.3, -0.25) is 4.79 Å². The summed E-state index contributed by atoms with van der Waals surface area (Å²) in [6, 6.07) is 0. The first kappa shape index (κ1) is 11.4. The van der Waals surface area contributed by atoms with Gasteiger partial charge in [-0.25, -0.2) is 0 Å². The molecule has 0 saturated heterocycles. The number of ether oxygens (including phenoxy) is 1. The quantitative estimate of drug-likeness (QED) is 0.358. The zero-order valence-corrected chi connectivity index (χ0v) is 7.06. The van der Waals surface area contributed by atoms with E-state index in [4.69, 9.17) is 15.8 Å².